The van der Waals surface area contributed by atoms with Crippen molar-refractivity contribution in [2.75, 3.05) is 0 Å². The van der Waals surface area contributed by atoms with E-state index in [0.717, 1.165) is 5.56 Å². The summed E-state index contributed by atoms with van der Waals surface area (Å²) in [7, 11) is 0. The predicted octanol–water partition coefficient (Wildman–Crippen LogP) is 2.31. The third-order valence-electron chi connectivity index (χ3n) is 1.94. The Balaban J connectivity index is 2.40. The van der Waals surface area contributed by atoms with E-state index in [4.69, 9.17) is 10.5 Å². The summed E-state index contributed by atoms with van der Waals surface area (Å²) in [4.78, 5) is 10.2. The summed E-state index contributed by atoms with van der Waals surface area (Å²) in [5, 5.41) is 16.1. The topological polar surface area (TPSA) is 61.2 Å². The highest BCUT2D eigenvalue weighted by atomic mass is 16.4. The fourth-order valence-electron chi connectivity index (χ4n) is 1.20. The van der Waals surface area contributed by atoms with Crippen LogP contribution in [0.4, 0.5) is 0 Å². The Morgan fingerprint density at radius 1 is 1.21 bits per heavy atom. The number of nitrogens with one attached hydrogen (secondary N) is 1. The maximum Gasteiger partial charge on any atom is 0.303 e. The van der Waals surface area contributed by atoms with Crippen molar-refractivity contribution in [2.45, 2.75) is 19.3 Å². The fourth-order valence-corrected chi connectivity index (χ4v) is 1.20. The molecule has 3 nitrogen and oxygen atoms in total. The van der Waals surface area contributed by atoms with Gasteiger partial charge in [-0.25, -0.2) is 0 Å². The smallest absolute Gasteiger partial charge is 0.303 e. The monoisotopic (exact) mass is 191 g/mol. The highest BCUT2D eigenvalue weighted by Gasteiger charge is 2.02. The van der Waals surface area contributed by atoms with Gasteiger partial charge in [0, 0.05) is 12.1 Å². The van der Waals surface area contributed by atoms with Crippen LogP contribution in [-0.4, -0.2) is 16.8 Å². The third kappa shape index (κ3) is 3.39. The van der Waals surface area contributed by atoms with Crippen LogP contribution in [-0.2, 0) is 4.79 Å². The Hall–Kier alpha value is -1.64. The number of aliphatic carboxylic acids is 1. The summed E-state index contributed by atoms with van der Waals surface area (Å²) >= 11 is 0. The van der Waals surface area contributed by atoms with Crippen LogP contribution in [0.3, 0.4) is 0 Å². The zero-order chi connectivity index (χ0) is 10.4. The van der Waals surface area contributed by atoms with Crippen molar-refractivity contribution < 1.29 is 9.90 Å². The van der Waals surface area contributed by atoms with E-state index in [1.165, 1.54) is 0 Å². The molecule has 1 aromatic rings. The molecule has 0 amide bonds. The maximum absolute atomic E-state index is 10.2. The molecule has 2 N–H and O–H groups in total. The number of hydrogen-bond donors (Lipinski definition) is 2. The van der Waals surface area contributed by atoms with Crippen molar-refractivity contribution in [3.8, 4) is 0 Å². The maximum atomic E-state index is 10.2. The average Bonchev–Trinajstić information content (AvgIpc) is 2.18. The van der Waals surface area contributed by atoms with Gasteiger partial charge in [0.05, 0.1) is 0 Å². The van der Waals surface area contributed by atoms with Crippen molar-refractivity contribution in [3.63, 3.8) is 0 Å². The van der Waals surface area contributed by atoms with Crippen molar-refractivity contribution in [3.05, 3.63) is 35.9 Å². The van der Waals surface area contributed by atoms with E-state index in [1.54, 1.807) is 0 Å². The quantitative estimate of drug-likeness (QED) is 0.701. The van der Waals surface area contributed by atoms with E-state index in [0.29, 0.717) is 18.6 Å². The average molecular weight is 191 g/mol. The summed E-state index contributed by atoms with van der Waals surface area (Å²) in [6.45, 7) is 0. The molecule has 0 spiro atoms. The summed E-state index contributed by atoms with van der Waals surface area (Å²) in [6.07, 6.45) is 1.19. The van der Waals surface area contributed by atoms with Crippen LogP contribution >= 0.6 is 0 Å². The molecular formula is C11H13NO2. The van der Waals surface area contributed by atoms with Crippen LogP contribution in [0.15, 0.2) is 30.3 Å². The summed E-state index contributed by atoms with van der Waals surface area (Å²) < 4.78 is 0. The summed E-state index contributed by atoms with van der Waals surface area (Å²) in [6, 6.07) is 9.38. The molecule has 0 aliphatic heterocycles. The van der Waals surface area contributed by atoms with Crippen LogP contribution in [0.1, 0.15) is 24.8 Å². The lowest BCUT2D eigenvalue weighted by atomic mass is 10.1. The number of benzene rings is 1. The molecule has 0 aromatic heterocycles. The molecule has 0 bridgehead atoms. The molecule has 0 atom stereocenters. The van der Waals surface area contributed by atoms with Crippen molar-refractivity contribution >= 4 is 11.7 Å². The van der Waals surface area contributed by atoms with Gasteiger partial charge < -0.3 is 10.5 Å². The van der Waals surface area contributed by atoms with Crippen LogP contribution in [0.2, 0.25) is 0 Å². The molecule has 0 unspecified atom stereocenters. The van der Waals surface area contributed by atoms with E-state index in [1.807, 2.05) is 30.3 Å². The largest absolute Gasteiger partial charge is 0.481 e. The number of rotatable bonds is 5. The number of carboxylic acids is 1. The molecule has 1 rings (SSSR count). The van der Waals surface area contributed by atoms with Crippen LogP contribution in [0, 0.1) is 5.41 Å². The van der Waals surface area contributed by atoms with Gasteiger partial charge in [0.25, 0.3) is 0 Å². The van der Waals surface area contributed by atoms with Gasteiger partial charge in [0.2, 0.25) is 0 Å². The molecule has 74 valence electrons. The minimum Gasteiger partial charge on any atom is -0.481 e. The van der Waals surface area contributed by atoms with Gasteiger partial charge in [0.15, 0.2) is 0 Å². The molecular weight excluding hydrogens is 178 g/mol. The SMILES string of the molecule is N=C(CCCC(=O)O)c1ccccc1. The normalized spacial score (nSPS) is 9.71. The van der Waals surface area contributed by atoms with Crippen LogP contribution < -0.4 is 0 Å². The summed E-state index contributed by atoms with van der Waals surface area (Å²) in [5.74, 6) is -0.800. The van der Waals surface area contributed by atoms with Gasteiger partial charge >= 0.3 is 5.97 Å². The second-order valence-electron chi connectivity index (χ2n) is 3.09. The zero-order valence-electron chi connectivity index (χ0n) is 7.86. The van der Waals surface area contributed by atoms with E-state index in [-0.39, 0.29) is 6.42 Å². The molecule has 0 fully saturated rings. The molecule has 0 heterocycles. The molecule has 3 heteroatoms. The first-order valence-corrected chi connectivity index (χ1v) is 4.55. The van der Waals surface area contributed by atoms with Gasteiger partial charge in [-0.15, -0.1) is 0 Å². The third-order valence-corrected chi connectivity index (χ3v) is 1.94. The van der Waals surface area contributed by atoms with Gasteiger partial charge in [-0.2, -0.15) is 0 Å². The lowest BCUT2D eigenvalue weighted by molar-refractivity contribution is -0.137. The molecule has 0 radical (unpaired) electrons. The summed E-state index contributed by atoms with van der Waals surface area (Å²) in [5.41, 5.74) is 1.38. The Bertz CT molecular complexity index is 319. The molecule has 0 saturated heterocycles. The van der Waals surface area contributed by atoms with E-state index >= 15 is 0 Å². The van der Waals surface area contributed by atoms with Gasteiger partial charge in [-0.1, -0.05) is 30.3 Å². The standard InChI is InChI=1S/C11H13NO2/c12-10(7-4-8-11(13)14)9-5-2-1-3-6-9/h1-3,5-6,12H,4,7-8H2,(H,13,14). The highest BCUT2D eigenvalue weighted by Crippen LogP contribution is 2.06. The molecule has 14 heavy (non-hydrogen) atoms. The second-order valence-corrected chi connectivity index (χ2v) is 3.09. The Morgan fingerprint density at radius 2 is 1.86 bits per heavy atom. The van der Waals surface area contributed by atoms with Gasteiger partial charge in [0.1, 0.15) is 0 Å². The first-order chi connectivity index (χ1) is 6.70. The molecule has 0 aliphatic carbocycles. The predicted molar refractivity (Wildman–Crippen MR) is 54.8 cm³/mol. The second kappa shape index (κ2) is 5.17. The molecule has 0 saturated carbocycles. The number of carbonyl (C=O) groups is 1. The van der Waals surface area contributed by atoms with E-state index in [9.17, 15) is 4.79 Å². The Kier molecular flexibility index (Phi) is 3.85. The van der Waals surface area contributed by atoms with Crippen LogP contribution in [0.5, 0.6) is 0 Å². The van der Waals surface area contributed by atoms with Crippen molar-refractivity contribution in [1.29, 1.82) is 5.41 Å². The number of carboxylic acid groups (broad SMARTS) is 1. The van der Waals surface area contributed by atoms with E-state index < -0.39 is 5.97 Å². The molecule has 1 aromatic carbocycles. The zero-order valence-corrected chi connectivity index (χ0v) is 7.86. The lowest BCUT2D eigenvalue weighted by Crippen LogP contribution is -2.01. The minimum absolute atomic E-state index is 0.134. The van der Waals surface area contributed by atoms with Crippen LogP contribution in [0.25, 0.3) is 0 Å². The molecule has 0 aliphatic rings. The minimum atomic E-state index is -0.800. The lowest BCUT2D eigenvalue weighted by Gasteiger charge is -2.01. The first kappa shape index (κ1) is 10.4. The van der Waals surface area contributed by atoms with Crippen molar-refractivity contribution in [1.82, 2.24) is 0 Å². The van der Waals surface area contributed by atoms with E-state index in [2.05, 4.69) is 0 Å². The Morgan fingerprint density at radius 3 is 2.43 bits per heavy atom. The van der Waals surface area contributed by atoms with Gasteiger partial charge in [-0.05, 0) is 18.4 Å². The fraction of sp³-hybridized carbons (Fsp3) is 0.273. The Labute approximate surface area is 82.9 Å². The van der Waals surface area contributed by atoms with Gasteiger partial charge in [-0.3, -0.25) is 4.79 Å². The first-order valence-electron chi connectivity index (χ1n) is 4.55. The highest BCUT2D eigenvalue weighted by molar-refractivity contribution is 5.98. The number of hydrogen-bond acceptors (Lipinski definition) is 2. The van der Waals surface area contributed by atoms with Crippen molar-refractivity contribution in [2.24, 2.45) is 0 Å².